The summed E-state index contributed by atoms with van der Waals surface area (Å²) in [4.78, 5) is 18.9. The van der Waals surface area contributed by atoms with E-state index in [1.165, 1.54) is 6.07 Å². The Balaban J connectivity index is 1.20. The van der Waals surface area contributed by atoms with Crippen molar-refractivity contribution in [1.82, 2.24) is 9.88 Å². The van der Waals surface area contributed by atoms with Crippen LogP contribution in [0.5, 0.6) is 5.75 Å². The molecule has 2 heterocycles. The van der Waals surface area contributed by atoms with Gasteiger partial charge in [0.05, 0.1) is 24.6 Å². The standard InChI is InChI=1S/C30H35FN2O4/c1-18-23(4-3-5-27(18)31)20-14-21(15-20)33-13-11-19(26(17-33)30(35)36)6-9-29(34)24-10-12-32-28-8-7-22(37-2)16-25(24)28/h3-5,7-8,10,12,16,19-21,26,29,34H,6,9,11,13-15,17H2,1-2H3,(H,35,36)/t19-,20?,21?,26+,29+/m1/s1. The lowest BCUT2D eigenvalue weighted by Crippen LogP contribution is -2.52. The van der Waals surface area contributed by atoms with Gasteiger partial charge in [-0.3, -0.25) is 14.7 Å². The van der Waals surface area contributed by atoms with Crippen LogP contribution in [0.15, 0.2) is 48.7 Å². The molecule has 1 aromatic heterocycles. The van der Waals surface area contributed by atoms with E-state index in [0.29, 0.717) is 37.1 Å². The lowest BCUT2D eigenvalue weighted by atomic mass is 9.72. The van der Waals surface area contributed by atoms with E-state index in [1.54, 1.807) is 19.4 Å². The Morgan fingerprint density at radius 3 is 2.81 bits per heavy atom. The van der Waals surface area contributed by atoms with Gasteiger partial charge in [0, 0.05) is 24.2 Å². The number of likely N-dealkylation sites (tertiary alicyclic amines) is 1. The molecule has 2 aromatic carbocycles. The Kier molecular flexibility index (Phi) is 7.45. The number of halogens is 1. The second-order valence-electron chi connectivity index (χ2n) is 10.6. The first-order valence-electron chi connectivity index (χ1n) is 13.2. The second-order valence-corrected chi connectivity index (χ2v) is 10.6. The molecule has 0 amide bonds. The fourth-order valence-electron chi connectivity index (χ4n) is 6.28. The summed E-state index contributed by atoms with van der Waals surface area (Å²) in [7, 11) is 1.61. The van der Waals surface area contributed by atoms with Crippen LogP contribution in [0.1, 0.15) is 60.8 Å². The number of aliphatic carboxylic acids is 1. The lowest BCUT2D eigenvalue weighted by molar-refractivity contribution is -0.147. The SMILES string of the molecule is COc1ccc2nccc([C@@H](O)CC[C@@H]3CCN(C4CC(c5cccc(F)c5C)C4)C[C@@H]3C(=O)O)c2c1. The third-order valence-electron chi connectivity index (χ3n) is 8.64. The van der Waals surface area contributed by atoms with Gasteiger partial charge in [0.25, 0.3) is 0 Å². The van der Waals surface area contributed by atoms with Crippen LogP contribution in [0.4, 0.5) is 4.39 Å². The van der Waals surface area contributed by atoms with Gasteiger partial charge in [-0.1, -0.05) is 12.1 Å². The lowest BCUT2D eigenvalue weighted by Gasteiger charge is -2.48. The van der Waals surface area contributed by atoms with E-state index in [1.807, 2.05) is 37.3 Å². The van der Waals surface area contributed by atoms with Gasteiger partial charge >= 0.3 is 5.97 Å². The van der Waals surface area contributed by atoms with Crippen molar-refractivity contribution in [1.29, 1.82) is 0 Å². The van der Waals surface area contributed by atoms with E-state index in [2.05, 4.69) is 9.88 Å². The molecule has 1 saturated heterocycles. The third kappa shape index (κ3) is 5.20. The van der Waals surface area contributed by atoms with Crippen LogP contribution in [0, 0.1) is 24.6 Å². The van der Waals surface area contributed by atoms with Crippen molar-refractivity contribution in [3.8, 4) is 5.75 Å². The highest BCUT2D eigenvalue weighted by Crippen LogP contribution is 2.43. The molecule has 37 heavy (non-hydrogen) atoms. The van der Waals surface area contributed by atoms with Gasteiger partial charge < -0.3 is 14.9 Å². The average Bonchev–Trinajstić information content (AvgIpc) is 2.88. The Bertz CT molecular complexity index is 1280. The highest BCUT2D eigenvalue weighted by atomic mass is 19.1. The van der Waals surface area contributed by atoms with Crippen molar-refractivity contribution in [2.75, 3.05) is 20.2 Å². The number of aliphatic hydroxyl groups is 1. The fourth-order valence-corrected chi connectivity index (χ4v) is 6.28. The molecule has 7 heteroatoms. The number of hydrogen-bond donors (Lipinski definition) is 2. The minimum atomic E-state index is -0.764. The highest BCUT2D eigenvalue weighted by molar-refractivity contribution is 5.83. The van der Waals surface area contributed by atoms with E-state index in [9.17, 15) is 19.4 Å². The summed E-state index contributed by atoms with van der Waals surface area (Å²) < 4.78 is 19.3. The number of carbonyl (C=O) groups is 1. The van der Waals surface area contributed by atoms with Gasteiger partial charge in [-0.25, -0.2) is 4.39 Å². The molecule has 196 valence electrons. The number of hydrogen-bond acceptors (Lipinski definition) is 5. The number of carboxylic acids is 1. The van der Waals surface area contributed by atoms with Crippen LogP contribution in [0.2, 0.25) is 0 Å². The zero-order chi connectivity index (χ0) is 26.1. The molecule has 0 spiro atoms. The van der Waals surface area contributed by atoms with Crippen molar-refractivity contribution in [3.63, 3.8) is 0 Å². The van der Waals surface area contributed by atoms with Gasteiger partial charge in [-0.05, 0) is 104 Å². The smallest absolute Gasteiger partial charge is 0.308 e. The molecule has 0 radical (unpaired) electrons. The van der Waals surface area contributed by atoms with Crippen molar-refractivity contribution in [2.45, 2.75) is 57.1 Å². The number of carboxylic acid groups (broad SMARTS) is 1. The van der Waals surface area contributed by atoms with Crippen molar-refractivity contribution in [2.24, 2.45) is 11.8 Å². The van der Waals surface area contributed by atoms with Crippen LogP contribution in [0.3, 0.4) is 0 Å². The molecular formula is C30H35FN2O4. The van der Waals surface area contributed by atoms with Crippen LogP contribution in [-0.2, 0) is 4.79 Å². The number of nitrogens with zero attached hydrogens (tertiary/aromatic N) is 2. The zero-order valence-corrected chi connectivity index (χ0v) is 21.4. The van der Waals surface area contributed by atoms with Gasteiger partial charge in [0.15, 0.2) is 0 Å². The molecular weight excluding hydrogens is 471 g/mol. The molecule has 0 bridgehead atoms. The Morgan fingerprint density at radius 1 is 1.24 bits per heavy atom. The number of aromatic nitrogens is 1. The van der Waals surface area contributed by atoms with Crippen LogP contribution in [0.25, 0.3) is 10.9 Å². The van der Waals surface area contributed by atoms with Crippen LogP contribution >= 0.6 is 0 Å². The summed E-state index contributed by atoms with van der Waals surface area (Å²) in [5.41, 5.74) is 3.39. The molecule has 0 unspecified atom stereocenters. The maximum atomic E-state index is 14.0. The molecule has 1 saturated carbocycles. The first-order valence-corrected chi connectivity index (χ1v) is 13.2. The quantitative estimate of drug-likeness (QED) is 0.421. The van der Waals surface area contributed by atoms with E-state index < -0.39 is 18.0 Å². The number of rotatable bonds is 8. The number of fused-ring (bicyclic) bond motifs is 1. The van der Waals surface area contributed by atoms with Gasteiger partial charge in [-0.2, -0.15) is 0 Å². The molecule has 2 aliphatic rings. The second kappa shape index (κ2) is 10.8. The monoisotopic (exact) mass is 506 g/mol. The van der Waals surface area contributed by atoms with Crippen molar-refractivity contribution >= 4 is 16.9 Å². The number of benzene rings is 2. The van der Waals surface area contributed by atoms with E-state index >= 15 is 0 Å². The highest BCUT2D eigenvalue weighted by Gasteiger charge is 2.41. The first-order chi connectivity index (χ1) is 17.9. The average molecular weight is 507 g/mol. The molecule has 2 N–H and O–H groups in total. The number of aliphatic hydroxyl groups excluding tert-OH is 1. The first kappa shape index (κ1) is 25.6. The Labute approximate surface area is 217 Å². The summed E-state index contributed by atoms with van der Waals surface area (Å²) in [6, 6.07) is 13.1. The normalized spacial score (nSPS) is 25.0. The molecule has 2 fully saturated rings. The number of methoxy groups -OCH3 is 1. The molecule has 6 nitrogen and oxygen atoms in total. The molecule has 5 rings (SSSR count). The Hall–Kier alpha value is -3.03. The minimum Gasteiger partial charge on any atom is -0.497 e. The molecule has 1 aliphatic carbocycles. The van der Waals surface area contributed by atoms with Crippen LogP contribution < -0.4 is 4.74 Å². The summed E-state index contributed by atoms with van der Waals surface area (Å²) in [6.07, 6.45) is 4.83. The maximum Gasteiger partial charge on any atom is 0.308 e. The van der Waals surface area contributed by atoms with Crippen LogP contribution in [-0.4, -0.2) is 52.3 Å². The van der Waals surface area contributed by atoms with E-state index in [0.717, 1.165) is 53.4 Å². The fraction of sp³-hybridized carbons (Fsp3) is 0.467. The van der Waals surface area contributed by atoms with Crippen molar-refractivity contribution < 1.29 is 24.1 Å². The molecule has 3 aromatic rings. The topological polar surface area (TPSA) is 82.9 Å². The van der Waals surface area contributed by atoms with Crippen molar-refractivity contribution in [3.05, 3.63) is 71.2 Å². The molecule has 1 aliphatic heterocycles. The maximum absolute atomic E-state index is 14.0. The summed E-state index contributed by atoms with van der Waals surface area (Å²) in [5, 5.41) is 21.9. The largest absolute Gasteiger partial charge is 0.497 e. The zero-order valence-electron chi connectivity index (χ0n) is 21.4. The Morgan fingerprint density at radius 2 is 2.05 bits per heavy atom. The third-order valence-corrected chi connectivity index (χ3v) is 8.64. The summed E-state index contributed by atoms with van der Waals surface area (Å²) >= 11 is 0. The van der Waals surface area contributed by atoms with Gasteiger partial charge in [-0.15, -0.1) is 0 Å². The summed E-state index contributed by atoms with van der Waals surface area (Å²) in [6.45, 7) is 3.23. The van der Waals surface area contributed by atoms with Gasteiger partial charge in [0.1, 0.15) is 11.6 Å². The van der Waals surface area contributed by atoms with E-state index in [-0.39, 0.29) is 11.7 Å². The minimum absolute atomic E-state index is 0.0207. The van der Waals surface area contributed by atoms with E-state index in [4.69, 9.17) is 4.74 Å². The number of ether oxygens (including phenoxy) is 1. The summed E-state index contributed by atoms with van der Waals surface area (Å²) in [5.74, 6) is -0.310. The molecule has 3 atom stereocenters. The van der Waals surface area contributed by atoms with Gasteiger partial charge in [0.2, 0.25) is 0 Å². The number of pyridine rings is 1. The predicted octanol–water partition coefficient (Wildman–Crippen LogP) is 5.47. The number of piperidine rings is 1. The predicted molar refractivity (Wildman–Crippen MR) is 140 cm³/mol.